The van der Waals surface area contributed by atoms with E-state index < -0.39 is 5.97 Å². The number of allylic oxidation sites excluding steroid dienone is 2. The molecule has 1 fully saturated rings. The first-order chi connectivity index (χ1) is 10.1. The highest BCUT2D eigenvalue weighted by atomic mass is 16.4. The highest BCUT2D eigenvalue weighted by Crippen LogP contribution is 2.29. The van der Waals surface area contributed by atoms with E-state index >= 15 is 0 Å². The summed E-state index contributed by atoms with van der Waals surface area (Å²) in [5.74, 6) is -0.239. The van der Waals surface area contributed by atoms with Crippen molar-refractivity contribution < 1.29 is 14.7 Å². The third kappa shape index (κ3) is 5.16. The zero-order chi connectivity index (χ0) is 15.2. The molecule has 1 amide bonds. The Morgan fingerprint density at radius 2 is 2.05 bits per heavy atom. The molecule has 0 aromatic heterocycles. The monoisotopic (exact) mass is 294 g/mol. The molecule has 21 heavy (non-hydrogen) atoms. The largest absolute Gasteiger partial charge is 0.480 e. The molecular weight excluding hydrogens is 268 g/mol. The number of carboxylic acid groups (broad SMARTS) is 1. The summed E-state index contributed by atoms with van der Waals surface area (Å²) in [6.07, 6.45) is 8.81. The van der Waals surface area contributed by atoms with Crippen LogP contribution in [-0.2, 0) is 9.59 Å². The lowest BCUT2D eigenvalue weighted by Crippen LogP contribution is -2.42. The summed E-state index contributed by atoms with van der Waals surface area (Å²) in [6.45, 7) is 3.55. The van der Waals surface area contributed by atoms with E-state index in [1.807, 2.05) is 11.8 Å². The van der Waals surface area contributed by atoms with Gasteiger partial charge in [0.1, 0.15) is 0 Å². The first-order valence-electron chi connectivity index (χ1n) is 8.03. The van der Waals surface area contributed by atoms with Gasteiger partial charge in [0.05, 0.1) is 13.1 Å². The molecule has 0 aliphatic heterocycles. The molecule has 0 spiro atoms. The summed E-state index contributed by atoms with van der Waals surface area (Å²) in [5, 5.41) is 9.00. The molecule has 1 N–H and O–H groups in total. The maximum absolute atomic E-state index is 12.5. The lowest BCUT2D eigenvalue weighted by Gasteiger charge is -2.29. The smallest absolute Gasteiger partial charge is 0.317 e. The highest BCUT2D eigenvalue weighted by Gasteiger charge is 2.28. The minimum absolute atomic E-state index is 0.0348. The van der Waals surface area contributed by atoms with E-state index in [0.717, 1.165) is 44.3 Å². The number of rotatable bonds is 8. The lowest BCUT2D eigenvalue weighted by atomic mass is 10.0. The third-order valence-electron chi connectivity index (χ3n) is 4.16. The van der Waals surface area contributed by atoms with Crippen molar-refractivity contribution >= 4 is 11.9 Å². The molecule has 0 radical (unpaired) electrons. The van der Waals surface area contributed by atoms with Gasteiger partial charge in [-0.05, 0) is 51.4 Å². The van der Waals surface area contributed by atoms with E-state index in [0.29, 0.717) is 12.5 Å². The van der Waals surface area contributed by atoms with Gasteiger partial charge in [0.2, 0.25) is 5.91 Å². The zero-order valence-electron chi connectivity index (χ0n) is 12.9. The second-order valence-corrected chi connectivity index (χ2v) is 6.09. The van der Waals surface area contributed by atoms with Crippen LogP contribution >= 0.6 is 0 Å². The molecule has 0 aromatic rings. The van der Waals surface area contributed by atoms with Crippen molar-refractivity contribution in [3.05, 3.63) is 11.8 Å². The van der Waals surface area contributed by atoms with E-state index in [4.69, 9.17) is 5.11 Å². The normalized spacial score (nSPS) is 18.5. The van der Waals surface area contributed by atoms with E-state index in [9.17, 15) is 9.59 Å². The maximum Gasteiger partial charge on any atom is 0.317 e. The Kier molecular flexibility index (Phi) is 5.79. The molecule has 5 nitrogen and oxygen atoms in total. The average Bonchev–Trinajstić information content (AvgIpc) is 3.24. The fraction of sp³-hybridized carbons (Fsp3) is 0.750. The molecule has 2 aliphatic carbocycles. The number of nitrogens with zero attached hydrogens (tertiary/aromatic N) is 2. The van der Waals surface area contributed by atoms with Crippen LogP contribution in [0, 0.1) is 5.92 Å². The molecule has 1 saturated carbocycles. The SMILES string of the molecule is CCN(C(=O)CN(CC(=O)O)CC1CC1)C1=CCCCC1. The standard InChI is InChI=1S/C16H26N2O3/c1-2-18(14-6-4-3-5-7-14)15(19)11-17(12-16(20)21)10-13-8-9-13/h6,13H,2-5,7-12H2,1H3,(H,20,21). The summed E-state index contributed by atoms with van der Waals surface area (Å²) in [7, 11) is 0. The second-order valence-electron chi connectivity index (χ2n) is 6.09. The van der Waals surface area contributed by atoms with Gasteiger partial charge in [0, 0.05) is 18.8 Å². The van der Waals surface area contributed by atoms with Gasteiger partial charge < -0.3 is 10.0 Å². The Labute approximate surface area is 126 Å². The second kappa shape index (κ2) is 7.59. The number of carbonyl (C=O) groups is 2. The molecule has 118 valence electrons. The van der Waals surface area contributed by atoms with E-state index in [1.54, 1.807) is 4.90 Å². The van der Waals surface area contributed by atoms with Crippen LogP contribution in [-0.4, -0.2) is 53.0 Å². The molecule has 0 aromatic carbocycles. The Hall–Kier alpha value is -1.36. The van der Waals surface area contributed by atoms with Crippen molar-refractivity contribution in [2.45, 2.75) is 45.4 Å². The number of hydrogen-bond acceptors (Lipinski definition) is 3. The van der Waals surface area contributed by atoms with Crippen molar-refractivity contribution in [2.75, 3.05) is 26.2 Å². The predicted octanol–water partition coefficient (Wildman–Crippen LogP) is 2.09. The van der Waals surface area contributed by atoms with E-state index in [1.165, 1.54) is 6.42 Å². The Balaban J connectivity index is 1.94. The molecular formula is C16H26N2O3. The quantitative estimate of drug-likeness (QED) is 0.744. The van der Waals surface area contributed by atoms with Gasteiger partial charge >= 0.3 is 5.97 Å². The summed E-state index contributed by atoms with van der Waals surface area (Å²) in [6, 6.07) is 0. The summed E-state index contributed by atoms with van der Waals surface area (Å²) in [5.41, 5.74) is 1.12. The third-order valence-corrected chi connectivity index (χ3v) is 4.16. The van der Waals surface area contributed by atoms with Crippen molar-refractivity contribution in [3.63, 3.8) is 0 Å². The van der Waals surface area contributed by atoms with E-state index in [2.05, 4.69) is 6.08 Å². The molecule has 0 bridgehead atoms. The van der Waals surface area contributed by atoms with Crippen LogP contribution in [0.15, 0.2) is 11.8 Å². The van der Waals surface area contributed by atoms with Gasteiger partial charge in [0.25, 0.3) is 0 Å². The van der Waals surface area contributed by atoms with Gasteiger partial charge in [-0.1, -0.05) is 6.08 Å². The minimum atomic E-state index is -0.858. The number of amides is 1. The topological polar surface area (TPSA) is 60.9 Å². The van der Waals surface area contributed by atoms with Gasteiger partial charge in [-0.3, -0.25) is 14.5 Å². The van der Waals surface area contributed by atoms with Crippen molar-refractivity contribution in [3.8, 4) is 0 Å². The Bertz CT molecular complexity index is 416. The number of aliphatic carboxylic acids is 1. The van der Waals surface area contributed by atoms with Crippen LogP contribution in [0.3, 0.4) is 0 Å². The van der Waals surface area contributed by atoms with Crippen LogP contribution in [0.25, 0.3) is 0 Å². The molecule has 2 aliphatic rings. The first-order valence-corrected chi connectivity index (χ1v) is 8.03. The van der Waals surface area contributed by atoms with Crippen LogP contribution in [0.5, 0.6) is 0 Å². The van der Waals surface area contributed by atoms with Gasteiger partial charge in [0.15, 0.2) is 0 Å². The molecule has 0 atom stereocenters. The van der Waals surface area contributed by atoms with Crippen molar-refractivity contribution in [1.82, 2.24) is 9.80 Å². The van der Waals surface area contributed by atoms with Gasteiger partial charge in [-0.25, -0.2) is 0 Å². The summed E-state index contributed by atoms with van der Waals surface area (Å²) >= 11 is 0. The van der Waals surface area contributed by atoms with E-state index in [-0.39, 0.29) is 19.0 Å². The lowest BCUT2D eigenvalue weighted by molar-refractivity contribution is -0.139. The molecule has 0 saturated heterocycles. The average molecular weight is 294 g/mol. The molecule has 0 unspecified atom stereocenters. The first kappa shape index (κ1) is 16.0. The van der Waals surface area contributed by atoms with Crippen molar-refractivity contribution in [1.29, 1.82) is 0 Å². The molecule has 5 heteroatoms. The summed E-state index contributed by atoms with van der Waals surface area (Å²) in [4.78, 5) is 27.1. The number of likely N-dealkylation sites (N-methyl/N-ethyl adjacent to an activating group) is 1. The number of hydrogen-bond donors (Lipinski definition) is 1. The Morgan fingerprint density at radius 3 is 2.57 bits per heavy atom. The van der Waals surface area contributed by atoms with Crippen LogP contribution in [0.4, 0.5) is 0 Å². The fourth-order valence-electron chi connectivity index (χ4n) is 2.92. The van der Waals surface area contributed by atoms with Gasteiger partial charge in [-0.15, -0.1) is 0 Å². The Morgan fingerprint density at radius 1 is 1.29 bits per heavy atom. The van der Waals surface area contributed by atoms with Crippen LogP contribution < -0.4 is 0 Å². The highest BCUT2D eigenvalue weighted by molar-refractivity contribution is 5.80. The summed E-state index contributed by atoms with van der Waals surface area (Å²) < 4.78 is 0. The fourth-order valence-corrected chi connectivity index (χ4v) is 2.92. The van der Waals surface area contributed by atoms with Crippen LogP contribution in [0.2, 0.25) is 0 Å². The zero-order valence-corrected chi connectivity index (χ0v) is 12.9. The maximum atomic E-state index is 12.5. The molecule has 0 heterocycles. The van der Waals surface area contributed by atoms with Crippen LogP contribution in [0.1, 0.15) is 45.4 Å². The molecule has 2 rings (SSSR count). The predicted molar refractivity (Wildman–Crippen MR) is 80.7 cm³/mol. The minimum Gasteiger partial charge on any atom is -0.480 e. The number of carboxylic acids is 1. The van der Waals surface area contributed by atoms with Crippen molar-refractivity contribution in [2.24, 2.45) is 5.92 Å². The van der Waals surface area contributed by atoms with Gasteiger partial charge in [-0.2, -0.15) is 0 Å². The number of carbonyl (C=O) groups excluding carboxylic acids is 1.